The fraction of sp³-hybridized carbons (Fsp3) is 0.467. The van der Waals surface area contributed by atoms with Crippen LogP contribution in [-0.4, -0.2) is 21.7 Å². The van der Waals surface area contributed by atoms with Crippen molar-refractivity contribution >= 4 is 17.5 Å². The van der Waals surface area contributed by atoms with Gasteiger partial charge in [0.15, 0.2) is 5.76 Å². The summed E-state index contributed by atoms with van der Waals surface area (Å²) in [6.45, 7) is 8.20. The molecule has 1 atom stereocenters. The summed E-state index contributed by atoms with van der Waals surface area (Å²) in [5.74, 6) is 0.798. The molecule has 5 nitrogen and oxygen atoms in total. The quantitative estimate of drug-likeness (QED) is 0.921. The molecule has 0 saturated carbocycles. The van der Waals surface area contributed by atoms with Gasteiger partial charge in [0.2, 0.25) is 0 Å². The van der Waals surface area contributed by atoms with Crippen LogP contribution in [0.1, 0.15) is 48.0 Å². The lowest BCUT2D eigenvalue weighted by Crippen LogP contribution is -2.31. The molecule has 0 aliphatic heterocycles. The maximum absolute atomic E-state index is 12.0. The van der Waals surface area contributed by atoms with E-state index in [1.54, 1.807) is 16.8 Å². The van der Waals surface area contributed by atoms with Crippen LogP contribution in [0, 0.1) is 13.8 Å². The molecule has 0 bridgehead atoms. The van der Waals surface area contributed by atoms with Crippen molar-refractivity contribution in [1.82, 2.24) is 15.1 Å². The molecule has 2 aromatic heterocycles. The molecule has 0 radical (unpaired) electrons. The second kappa shape index (κ2) is 6.35. The van der Waals surface area contributed by atoms with Gasteiger partial charge < -0.3 is 9.73 Å². The highest BCUT2D eigenvalue weighted by Gasteiger charge is 2.15. The number of rotatable bonds is 5. The largest absolute Gasteiger partial charge is 0.454 e. The van der Waals surface area contributed by atoms with E-state index in [1.807, 2.05) is 27.7 Å². The predicted octanol–water partition coefficient (Wildman–Crippen LogP) is 3.32. The molecule has 0 aliphatic rings. The Morgan fingerprint density at radius 2 is 2.19 bits per heavy atom. The third kappa shape index (κ3) is 3.47. The Labute approximate surface area is 129 Å². The Bertz CT molecular complexity index is 645. The molecule has 0 unspecified atom stereocenters. The molecular weight excluding hydrogens is 290 g/mol. The maximum Gasteiger partial charge on any atom is 0.287 e. The van der Waals surface area contributed by atoms with Crippen LogP contribution in [0.2, 0.25) is 5.02 Å². The van der Waals surface area contributed by atoms with Crippen LogP contribution in [-0.2, 0) is 6.54 Å². The van der Waals surface area contributed by atoms with Gasteiger partial charge in [0.05, 0.1) is 23.0 Å². The lowest BCUT2D eigenvalue weighted by Gasteiger charge is -2.09. The van der Waals surface area contributed by atoms with Crippen LogP contribution < -0.4 is 5.32 Å². The van der Waals surface area contributed by atoms with Crippen molar-refractivity contribution in [2.45, 2.75) is 46.7 Å². The number of aromatic nitrogens is 2. The van der Waals surface area contributed by atoms with E-state index >= 15 is 0 Å². The van der Waals surface area contributed by atoms with Gasteiger partial charge in [0.1, 0.15) is 5.76 Å². The van der Waals surface area contributed by atoms with Gasteiger partial charge in [-0.1, -0.05) is 18.5 Å². The van der Waals surface area contributed by atoms with Crippen molar-refractivity contribution in [2.75, 3.05) is 0 Å². The van der Waals surface area contributed by atoms with E-state index in [-0.39, 0.29) is 11.9 Å². The summed E-state index contributed by atoms with van der Waals surface area (Å²) in [4.78, 5) is 12.0. The molecular formula is C15H20ClN3O2. The lowest BCUT2D eigenvalue weighted by atomic mass is 10.2. The predicted molar refractivity (Wildman–Crippen MR) is 81.7 cm³/mol. The van der Waals surface area contributed by atoms with Gasteiger partial charge in [0.25, 0.3) is 5.91 Å². The number of hydrogen-bond acceptors (Lipinski definition) is 3. The molecule has 2 aromatic rings. The van der Waals surface area contributed by atoms with Crippen LogP contribution in [0.4, 0.5) is 0 Å². The summed E-state index contributed by atoms with van der Waals surface area (Å²) in [6.07, 6.45) is 0.879. The highest BCUT2D eigenvalue weighted by molar-refractivity contribution is 6.31. The smallest absolute Gasteiger partial charge is 0.287 e. The standard InChI is InChI=1S/C15H20ClN3O2/c1-5-9(2)17-15(20)13-7-6-12(21-13)8-19-11(4)14(16)10(3)18-19/h6-7,9H,5,8H2,1-4H3,(H,17,20)/t9-/m1/s1. The Kier molecular flexibility index (Phi) is 4.73. The summed E-state index contributed by atoms with van der Waals surface area (Å²) in [5.41, 5.74) is 1.67. The Hall–Kier alpha value is -1.75. The number of aryl methyl sites for hydroxylation is 1. The van der Waals surface area contributed by atoms with Crippen molar-refractivity contribution in [3.05, 3.63) is 40.1 Å². The minimum Gasteiger partial charge on any atom is -0.454 e. The van der Waals surface area contributed by atoms with Gasteiger partial charge in [0, 0.05) is 6.04 Å². The van der Waals surface area contributed by atoms with Crippen molar-refractivity contribution in [3.8, 4) is 0 Å². The van der Waals surface area contributed by atoms with E-state index in [4.69, 9.17) is 16.0 Å². The average molecular weight is 310 g/mol. The van der Waals surface area contributed by atoms with Crippen LogP contribution in [0.5, 0.6) is 0 Å². The first-order chi connectivity index (χ1) is 9.92. The van der Waals surface area contributed by atoms with E-state index in [2.05, 4.69) is 10.4 Å². The van der Waals surface area contributed by atoms with E-state index in [0.717, 1.165) is 17.8 Å². The Morgan fingerprint density at radius 3 is 2.76 bits per heavy atom. The monoisotopic (exact) mass is 309 g/mol. The topological polar surface area (TPSA) is 60.1 Å². The van der Waals surface area contributed by atoms with Gasteiger partial charge in [-0.2, -0.15) is 5.10 Å². The summed E-state index contributed by atoms with van der Waals surface area (Å²) in [7, 11) is 0. The Morgan fingerprint density at radius 1 is 1.48 bits per heavy atom. The third-order valence-electron chi connectivity index (χ3n) is 3.47. The van der Waals surface area contributed by atoms with E-state index < -0.39 is 0 Å². The molecule has 0 saturated heterocycles. The fourth-order valence-electron chi connectivity index (χ4n) is 1.96. The number of amides is 1. The maximum atomic E-state index is 12.0. The third-order valence-corrected chi connectivity index (χ3v) is 4.02. The minimum absolute atomic E-state index is 0.126. The molecule has 114 valence electrons. The van der Waals surface area contributed by atoms with Crippen molar-refractivity contribution in [3.63, 3.8) is 0 Å². The van der Waals surface area contributed by atoms with E-state index in [0.29, 0.717) is 23.1 Å². The number of furan rings is 1. The molecule has 0 aromatic carbocycles. The van der Waals surface area contributed by atoms with Crippen molar-refractivity contribution in [1.29, 1.82) is 0 Å². The van der Waals surface area contributed by atoms with Crippen molar-refractivity contribution in [2.24, 2.45) is 0 Å². The molecule has 0 aliphatic carbocycles. The lowest BCUT2D eigenvalue weighted by molar-refractivity contribution is 0.0909. The summed E-state index contributed by atoms with van der Waals surface area (Å²) in [6, 6.07) is 3.59. The SMILES string of the molecule is CC[C@@H](C)NC(=O)c1ccc(Cn2nc(C)c(Cl)c2C)o1. The molecule has 2 heterocycles. The van der Waals surface area contributed by atoms with Gasteiger partial charge in [-0.15, -0.1) is 0 Å². The number of carbonyl (C=O) groups is 1. The molecule has 0 fully saturated rings. The molecule has 2 rings (SSSR count). The van der Waals surface area contributed by atoms with Gasteiger partial charge in [-0.25, -0.2) is 0 Å². The van der Waals surface area contributed by atoms with Crippen LogP contribution in [0.3, 0.4) is 0 Å². The molecule has 21 heavy (non-hydrogen) atoms. The van der Waals surface area contributed by atoms with E-state index in [1.165, 1.54) is 0 Å². The number of carbonyl (C=O) groups excluding carboxylic acids is 1. The van der Waals surface area contributed by atoms with Gasteiger partial charge >= 0.3 is 0 Å². The zero-order valence-corrected chi connectivity index (χ0v) is 13.5. The first kappa shape index (κ1) is 15.6. The minimum atomic E-state index is -0.193. The second-order valence-corrected chi connectivity index (χ2v) is 5.57. The van der Waals surface area contributed by atoms with Gasteiger partial charge in [-0.3, -0.25) is 9.48 Å². The van der Waals surface area contributed by atoms with Gasteiger partial charge in [-0.05, 0) is 39.3 Å². The number of hydrogen-bond donors (Lipinski definition) is 1. The number of nitrogens with one attached hydrogen (secondary N) is 1. The van der Waals surface area contributed by atoms with Crippen LogP contribution >= 0.6 is 11.6 Å². The first-order valence-corrected chi connectivity index (χ1v) is 7.39. The summed E-state index contributed by atoms with van der Waals surface area (Å²) >= 11 is 6.12. The highest BCUT2D eigenvalue weighted by atomic mass is 35.5. The zero-order valence-electron chi connectivity index (χ0n) is 12.7. The number of halogens is 1. The normalized spacial score (nSPS) is 12.4. The fourth-order valence-corrected chi connectivity index (χ4v) is 2.09. The van der Waals surface area contributed by atoms with Crippen LogP contribution in [0.15, 0.2) is 16.5 Å². The highest BCUT2D eigenvalue weighted by Crippen LogP contribution is 2.20. The first-order valence-electron chi connectivity index (χ1n) is 7.01. The number of nitrogens with zero attached hydrogens (tertiary/aromatic N) is 2. The zero-order chi connectivity index (χ0) is 15.6. The molecule has 1 amide bonds. The Balaban J connectivity index is 2.09. The molecule has 6 heteroatoms. The molecule has 1 N–H and O–H groups in total. The average Bonchev–Trinajstić information content (AvgIpc) is 3.01. The molecule has 0 spiro atoms. The van der Waals surface area contributed by atoms with Crippen molar-refractivity contribution < 1.29 is 9.21 Å². The summed E-state index contributed by atoms with van der Waals surface area (Å²) in [5, 5.41) is 7.88. The second-order valence-electron chi connectivity index (χ2n) is 5.19. The summed E-state index contributed by atoms with van der Waals surface area (Å²) < 4.78 is 7.35. The van der Waals surface area contributed by atoms with Crippen LogP contribution in [0.25, 0.3) is 0 Å². The van der Waals surface area contributed by atoms with E-state index in [9.17, 15) is 4.79 Å².